The highest BCUT2D eigenvalue weighted by atomic mass is 16.8. The van der Waals surface area contributed by atoms with Gasteiger partial charge in [0.1, 0.15) is 12.2 Å². The molecule has 1 saturated carbocycles. The van der Waals surface area contributed by atoms with Crippen LogP contribution in [0.5, 0.6) is 0 Å². The van der Waals surface area contributed by atoms with Gasteiger partial charge in [-0.25, -0.2) is 4.79 Å². The van der Waals surface area contributed by atoms with Crippen molar-refractivity contribution >= 4 is 5.97 Å². The molecule has 1 aromatic rings. The highest BCUT2D eigenvalue weighted by Crippen LogP contribution is 2.39. The van der Waals surface area contributed by atoms with E-state index in [9.17, 15) is 9.90 Å². The normalized spacial score (nSPS) is 24.3. The average molecular weight is 364 g/mol. The maximum absolute atomic E-state index is 12.5. The first-order chi connectivity index (χ1) is 12.6. The zero-order chi connectivity index (χ0) is 18.4. The number of benzene rings is 1. The first-order valence-electron chi connectivity index (χ1n) is 9.49. The minimum Gasteiger partial charge on any atom is -0.456 e. The highest BCUT2D eigenvalue weighted by molar-refractivity contribution is 5.89. The fraction of sp³-hybridized carbons (Fsp3) is 0.650. The quantitative estimate of drug-likeness (QED) is 0.723. The summed E-state index contributed by atoms with van der Waals surface area (Å²) in [6, 6.07) is 8.82. The second kappa shape index (κ2) is 8.95. The number of hydrogen-bond acceptors (Lipinski definition) is 6. The Morgan fingerprint density at radius 2 is 1.92 bits per heavy atom. The van der Waals surface area contributed by atoms with Crippen LogP contribution < -0.4 is 0 Å². The van der Waals surface area contributed by atoms with Gasteiger partial charge in [-0.2, -0.15) is 0 Å². The van der Waals surface area contributed by atoms with Crippen LogP contribution in [0.2, 0.25) is 0 Å². The molecule has 2 N–H and O–H groups in total. The summed E-state index contributed by atoms with van der Waals surface area (Å²) in [6.45, 7) is 0.0628. The summed E-state index contributed by atoms with van der Waals surface area (Å²) in [7, 11) is 0. The Bertz CT molecular complexity index is 569. The van der Waals surface area contributed by atoms with E-state index < -0.39 is 24.0 Å². The van der Waals surface area contributed by atoms with Crippen molar-refractivity contribution in [3.8, 4) is 0 Å². The zero-order valence-electron chi connectivity index (χ0n) is 15.0. The van der Waals surface area contributed by atoms with Crippen molar-refractivity contribution in [1.29, 1.82) is 0 Å². The van der Waals surface area contributed by atoms with Crippen molar-refractivity contribution in [3.63, 3.8) is 0 Å². The summed E-state index contributed by atoms with van der Waals surface area (Å²) < 4.78 is 17.9. The van der Waals surface area contributed by atoms with Crippen molar-refractivity contribution in [3.05, 3.63) is 35.9 Å². The van der Waals surface area contributed by atoms with Crippen molar-refractivity contribution in [1.82, 2.24) is 0 Å². The molecule has 144 valence electrons. The molecule has 1 heterocycles. The van der Waals surface area contributed by atoms with Crippen LogP contribution in [0.15, 0.2) is 30.3 Å². The lowest BCUT2D eigenvalue weighted by Crippen LogP contribution is -2.38. The molecule has 3 rings (SSSR count). The molecule has 1 saturated heterocycles. The van der Waals surface area contributed by atoms with Crippen molar-refractivity contribution in [2.75, 3.05) is 13.2 Å². The van der Waals surface area contributed by atoms with Gasteiger partial charge in [-0.1, -0.05) is 24.6 Å². The van der Waals surface area contributed by atoms with E-state index in [1.165, 1.54) is 6.42 Å². The van der Waals surface area contributed by atoms with Crippen LogP contribution in [0.3, 0.4) is 0 Å². The Kier molecular flexibility index (Phi) is 6.64. The van der Waals surface area contributed by atoms with E-state index in [1.807, 2.05) is 6.07 Å². The first-order valence-corrected chi connectivity index (χ1v) is 9.49. The second-order valence-corrected chi connectivity index (χ2v) is 7.16. The number of carbonyl (C=O) groups excluding carboxylic acids is 1. The molecule has 6 nitrogen and oxygen atoms in total. The fourth-order valence-electron chi connectivity index (χ4n) is 3.66. The third kappa shape index (κ3) is 4.82. The van der Waals surface area contributed by atoms with Gasteiger partial charge in [0.15, 0.2) is 5.79 Å². The van der Waals surface area contributed by atoms with Gasteiger partial charge in [0.05, 0.1) is 24.9 Å². The molecule has 26 heavy (non-hydrogen) atoms. The Morgan fingerprint density at radius 1 is 1.19 bits per heavy atom. The molecule has 1 aliphatic carbocycles. The lowest BCUT2D eigenvalue weighted by Gasteiger charge is -2.32. The van der Waals surface area contributed by atoms with E-state index in [-0.39, 0.29) is 12.7 Å². The van der Waals surface area contributed by atoms with Crippen LogP contribution in [0.1, 0.15) is 55.3 Å². The van der Waals surface area contributed by atoms with Gasteiger partial charge in [-0.15, -0.1) is 0 Å². The average Bonchev–Trinajstić information content (AvgIpc) is 3.09. The molecule has 1 spiro atoms. The van der Waals surface area contributed by atoms with Gasteiger partial charge in [0.2, 0.25) is 0 Å². The third-order valence-electron chi connectivity index (χ3n) is 5.17. The minimum absolute atomic E-state index is 0.314. The fourth-order valence-corrected chi connectivity index (χ4v) is 3.66. The van der Waals surface area contributed by atoms with Crippen molar-refractivity contribution in [2.24, 2.45) is 0 Å². The Hall–Kier alpha value is -1.47. The van der Waals surface area contributed by atoms with Crippen LogP contribution >= 0.6 is 0 Å². The van der Waals surface area contributed by atoms with Crippen LogP contribution in [0.4, 0.5) is 0 Å². The molecule has 1 aliphatic heterocycles. The van der Waals surface area contributed by atoms with Gasteiger partial charge < -0.3 is 24.4 Å². The monoisotopic (exact) mass is 364 g/mol. The Morgan fingerprint density at radius 3 is 2.62 bits per heavy atom. The zero-order valence-corrected chi connectivity index (χ0v) is 15.0. The molecular weight excluding hydrogens is 336 g/mol. The molecule has 0 aromatic heterocycles. The predicted octanol–water partition coefficient (Wildman–Crippen LogP) is 2.42. The van der Waals surface area contributed by atoms with E-state index in [4.69, 9.17) is 19.3 Å². The van der Waals surface area contributed by atoms with Gasteiger partial charge in [-0.05, 0) is 37.8 Å². The number of rotatable bonds is 7. The van der Waals surface area contributed by atoms with Gasteiger partial charge in [-0.3, -0.25) is 0 Å². The number of ether oxygens (including phenoxy) is 3. The molecule has 0 bridgehead atoms. The third-order valence-corrected chi connectivity index (χ3v) is 5.17. The van der Waals surface area contributed by atoms with Crippen molar-refractivity contribution < 1.29 is 29.2 Å². The maximum Gasteiger partial charge on any atom is 0.338 e. The number of aliphatic hydroxyl groups excluding tert-OH is 2. The molecule has 0 unspecified atom stereocenters. The second-order valence-electron chi connectivity index (χ2n) is 7.16. The molecule has 2 aliphatic rings. The van der Waals surface area contributed by atoms with Gasteiger partial charge in [0, 0.05) is 12.8 Å². The SMILES string of the molecule is O=C(O[C@H](CC[C@H](O)CO)[C@H]1COC2(CCCCC2)O1)c1ccccc1. The van der Waals surface area contributed by atoms with E-state index in [0.29, 0.717) is 25.0 Å². The van der Waals surface area contributed by atoms with Crippen LogP contribution in [-0.2, 0) is 14.2 Å². The molecular formula is C20H28O6. The molecule has 0 amide bonds. The number of esters is 1. The Labute approximate surface area is 154 Å². The molecule has 0 radical (unpaired) electrons. The molecule has 1 aromatic carbocycles. The van der Waals surface area contributed by atoms with E-state index in [0.717, 1.165) is 25.7 Å². The largest absolute Gasteiger partial charge is 0.456 e. The maximum atomic E-state index is 12.5. The lowest BCUT2D eigenvalue weighted by atomic mass is 9.94. The highest BCUT2D eigenvalue weighted by Gasteiger charge is 2.45. The number of aliphatic hydroxyl groups is 2. The summed E-state index contributed by atoms with van der Waals surface area (Å²) in [4.78, 5) is 12.5. The minimum atomic E-state index is -0.834. The summed E-state index contributed by atoms with van der Waals surface area (Å²) in [5, 5.41) is 18.7. The summed E-state index contributed by atoms with van der Waals surface area (Å²) in [5.74, 6) is -0.960. The summed E-state index contributed by atoms with van der Waals surface area (Å²) in [6.07, 6.45) is 4.09. The Balaban J connectivity index is 1.66. The number of carbonyl (C=O) groups is 1. The molecule has 6 heteroatoms. The number of hydrogen-bond donors (Lipinski definition) is 2. The van der Waals surface area contributed by atoms with Crippen molar-refractivity contribution in [2.45, 2.75) is 69.0 Å². The van der Waals surface area contributed by atoms with Gasteiger partial charge in [0.25, 0.3) is 0 Å². The van der Waals surface area contributed by atoms with E-state index in [1.54, 1.807) is 24.3 Å². The van der Waals surface area contributed by atoms with Crippen LogP contribution in [0, 0.1) is 0 Å². The van der Waals surface area contributed by atoms with Gasteiger partial charge >= 0.3 is 5.97 Å². The molecule has 2 fully saturated rings. The smallest absolute Gasteiger partial charge is 0.338 e. The topological polar surface area (TPSA) is 85.2 Å². The van der Waals surface area contributed by atoms with Crippen LogP contribution in [-0.4, -0.2) is 53.5 Å². The standard InChI is InChI=1S/C20H28O6/c21-13-16(22)9-10-17(25-19(23)15-7-3-1-4-8-15)18-14-24-20(26-18)11-5-2-6-12-20/h1,3-4,7-8,16-18,21-22H,2,5-6,9-14H2/t16-,17+,18+/m0/s1. The lowest BCUT2D eigenvalue weighted by molar-refractivity contribution is -0.196. The molecule has 3 atom stereocenters. The summed E-state index contributed by atoms with van der Waals surface area (Å²) >= 11 is 0. The van der Waals surface area contributed by atoms with Crippen LogP contribution in [0.25, 0.3) is 0 Å². The van der Waals surface area contributed by atoms with E-state index >= 15 is 0 Å². The summed E-state index contributed by atoms with van der Waals surface area (Å²) in [5.41, 5.74) is 0.478. The first kappa shape index (κ1) is 19.3. The van der Waals surface area contributed by atoms with E-state index in [2.05, 4.69) is 0 Å². The predicted molar refractivity (Wildman–Crippen MR) is 94.6 cm³/mol.